The smallest absolute Gasteiger partial charge is 0.101 e. The first-order chi connectivity index (χ1) is 9.78. The van der Waals surface area contributed by atoms with Crippen LogP contribution in [0.5, 0.6) is 0 Å². The number of anilines is 1. The van der Waals surface area contributed by atoms with E-state index in [-0.39, 0.29) is 0 Å². The van der Waals surface area contributed by atoms with E-state index in [4.69, 9.17) is 16.9 Å². The largest absolute Gasteiger partial charge is 0.368 e. The summed E-state index contributed by atoms with van der Waals surface area (Å²) in [5.41, 5.74) is 1.73. The average Bonchev–Trinajstić information content (AvgIpc) is 3.30. The molecular weight excluding hydrogens is 270 g/mol. The van der Waals surface area contributed by atoms with Crippen LogP contribution >= 0.6 is 11.6 Å². The van der Waals surface area contributed by atoms with Crippen LogP contribution in [-0.2, 0) is 0 Å². The summed E-state index contributed by atoms with van der Waals surface area (Å²) in [7, 11) is 0. The minimum atomic E-state index is 0.561. The summed E-state index contributed by atoms with van der Waals surface area (Å²) >= 11 is 6.18. The quantitative estimate of drug-likeness (QED) is 0.925. The van der Waals surface area contributed by atoms with E-state index in [9.17, 15) is 0 Å². The van der Waals surface area contributed by atoms with Gasteiger partial charge in [0.1, 0.15) is 6.07 Å². The standard InChI is InChI=1S/C16H20ClN3/c17-16-8-15(4-3-13(16)9-18)20(14-5-6-14)11-12-2-1-7-19-10-12/h3-4,8,12,14,19H,1-2,5-7,10-11H2. The van der Waals surface area contributed by atoms with Gasteiger partial charge in [-0.15, -0.1) is 0 Å². The second kappa shape index (κ2) is 6.03. The summed E-state index contributed by atoms with van der Waals surface area (Å²) in [6.45, 7) is 3.37. The van der Waals surface area contributed by atoms with Crippen molar-refractivity contribution in [2.45, 2.75) is 31.7 Å². The third-order valence-electron chi connectivity index (χ3n) is 4.25. The van der Waals surface area contributed by atoms with E-state index in [0.717, 1.165) is 25.6 Å². The molecule has 1 N–H and O–H groups in total. The van der Waals surface area contributed by atoms with E-state index >= 15 is 0 Å². The van der Waals surface area contributed by atoms with Crippen molar-refractivity contribution in [2.24, 2.45) is 5.92 Å². The van der Waals surface area contributed by atoms with Gasteiger partial charge >= 0.3 is 0 Å². The van der Waals surface area contributed by atoms with Crippen LogP contribution in [0.3, 0.4) is 0 Å². The molecule has 4 heteroatoms. The third kappa shape index (κ3) is 3.08. The maximum Gasteiger partial charge on any atom is 0.101 e. The normalized spacial score (nSPS) is 22.3. The summed E-state index contributed by atoms with van der Waals surface area (Å²) in [5, 5.41) is 13.0. The summed E-state index contributed by atoms with van der Waals surface area (Å²) in [5.74, 6) is 0.721. The molecule has 0 bridgehead atoms. The summed E-state index contributed by atoms with van der Waals surface area (Å²) in [6, 6.07) is 8.63. The van der Waals surface area contributed by atoms with Crippen molar-refractivity contribution in [1.29, 1.82) is 5.26 Å². The minimum Gasteiger partial charge on any atom is -0.368 e. The van der Waals surface area contributed by atoms with Crippen LogP contribution in [0.1, 0.15) is 31.2 Å². The molecule has 106 valence electrons. The summed E-state index contributed by atoms with van der Waals surface area (Å²) in [6.07, 6.45) is 5.13. The first-order valence-corrected chi connectivity index (χ1v) is 7.82. The van der Waals surface area contributed by atoms with Gasteiger partial charge in [-0.2, -0.15) is 5.26 Å². The highest BCUT2D eigenvalue weighted by atomic mass is 35.5. The molecule has 3 nitrogen and oxygen atoms in total. The molecule has 1 heterocycles. The Labute approximate surface area is 125 Å². The van der Waals surface area contributed by atoms with Crippen LogP contribution in [-0.4, -0.2) is 25.7 Å². The van der Waals surface area contributed by atoms with Crippen molar-refractivity contribution in [3.63, 3.8) is 0 Å². The van der Waals surface area contributed by atoms with E-state index in [1.807, 2.05) is 18.2 Å². The van der Waals surface area contributed by atoms with Crippen LogP contribution in [0.15, 0.2) is 18.2 Å². The number of nitrogens with zero attached hydrogens (tertiary/aromatic N) is 2. The van der Waals surface area contributed by atoms with Crippen molar-refractivity contribution in [3.05, 3.63) is 28.8 Å². The van der Waals surface area contributed by atoms with E-state index < -0.39 is 0 Å². The molecule has 1 unspecified atom stereocenters. The molecule has 0 amide bonds. The van der Waals surface area contributed by atoms with Gasteiger partial charge in [0.2, 0.25) is 0 Å². The molecule has 0 aromatic heterocycles. The Morgan fingerprint density at radius 1 is 1.35 bits per heavy atom. The van der Waals surface area contributed by atoms with Crippen LogP contribution in [0.4, 0.5) is 5.69 Å². The predicted octanol–water partition coefficient (Wildman–Crippen LogP) is 3.18. The summed E-state index contributed by atoms with van der Waals surface area (Å²) < 4.78 is 0. The number of halogens is 1. The van der Waals surface area contributed by atoms with E-state index in [1.165, 1.54) is 31.4 Å². The van der Waals surface area contributed by atoms with E-state index in [1.54, 1.807) is 0 Å². The van der Waals surface area contributed by atoms with Crippen molar-refractivity contribution in [3.8, 4) is 6.07 Å². The maximum atomic E-state index is 8.97. The molecule has 0 radical (unpaired) electrons. The molecule has 1 aromatic carbocycles. The first kappa shape index (κ1) is 13.7. The number of piperidine rings is 1. The fourth-order valence-electron chi connectivity index (χ4n) is 2.98. The number of hydrogen-bond donors (Lipinski definition) is 1. The maximum absolute atomic E-state index is 8.97. The zero-order valence-corrected chi connectivity index (χ0v) is 12.4. The van der Waals surface area contributed by atoms with Crippen molar-refractivity contribution in [2.75, 3.05) is 24.5 Å². The topological polar surface area (TPSA) is 39.1 Å². The number of nitrogens with one attached hydrogen (secondary N) is 1. The van der Waals surface area contributed by atoms with E-state index in [0.29, 0.717) is 16.6 Å². The number of rotatable bonds is 4. The van der Waals surface area contributed by atoms with Gasteiger partial charge in [0, 0.05) is 18.3 Å². The number of benzene rings is 1. The van der Waals surface area contributed by atoms with Gasteiger partial charge in [-0.05, 0) is 62.9 Å². The van der Waals surface area contributed by atoms with Gasteiger partial charge in [0.15, 0.2) is 0 Å². The van der Waals surface area contributed by atoms with Crippen molar-refractivity contribution in [1.82, 2.24) is 5.32 Å². The number of hydrogen-bond acceptors (Lipinski definition) is 3. The van der Waals surface area contributed by atoms with Gasteiger partial charge in [-0.1, -0.05) is 11.6 Å². The minimum absolute atomic E-state index is 0.561. The lowest BCUT2D eigenvalue weighted by Gasteiger charge is -2.32. The second-order valence-electron chi connectivity index (χ2n) is 5.87. The Morgan fingerprint density at radius 2 is 2.20 bits per heavy atom. The molecular formula is C16H20ClN3. The lowest BCUT2D eigenvalue weighted by molar-refractivity contribution is 0.376. The van der Waals surface area contributed by atoms with Crippen LogP contribution in [0.25, 0.3) is 0 Å². The third-order valence-corrected chi connectivity index (χ3v) is 4.56. The number of nitriles is 1. The van der Waals surface area contributed by atoms with Crippen LogP contribution in [0, 0.1) is 17.2 Å². The monoisotopic (exact) mass is 289 g/mol. The molecule has 20 heavy (non-hydrogen) atoms. The van der Waals surface area contributed by atoms with Gasteiger partial charge in [-0.3, -0.25) is 0 Å². The summed E-state index contributed by atoms with van der Waals surface area (Å²) in [4.78, 5) is 2.49. The Hall–Kier alpha value is -1.24. The van der Waals surface area contributed by atoms with E-state index in [2.05, 4.69) is 16.3 Å². The van der Waals surface area contributed by atoms with Crippen molar-refractivity contribution < 1.29 is 0 Å². The first-order valence-electron chi connectivity index (χ1n) is 7.45. The molecule has 1 atom stereocenters. The van der Waals surface area contributed by atoms with Gasteiger partial charge in [0.25, 0.3) is 0 Å². The van der Waals surface area contributed by atoms with Gasteiger partial charge < -0.3 is 10.2 Å². The molecule has 1 aliphatic carbocycles. The zero-order chi connectivity index (χ0) is 13.9. The Morgan fingerprint density at radius 3 is 2.80 bits per heavy atom. The average molecular weight is 290 g/mol. The fourth-order valence-corrected chi connectivity index (χ4v) is 3.20. The Kier molecular flexibility index (Phi) is 4.14. The van der Waals surface area contributed by atoms with Crippen LogP contribution < -0.4 is 10.2 Å². The highest BCUT2D eigenvalue weighted by Gasteiger charge is 2.31. The predicted molar refractivity (Wildman–Crippen MR) is 82.1 cm³/mol. The fraction of sp³-hybridized carbons (Fsp3) is 0.562. The Balaban J connectivity index is 1.76. The van der Waals surface area contributed by atoms with Gasteiger partial charge in [-0.25, -0.2) is 0 Å². The zero-order valence-electron chi connectivity index (χ0n) is 11.6. The lowest BCUT2D eigenvalue weighted by Crippen LogP contribution is -2.39. The molecule has 1 aromatic rings. The molecule has 0 spiro atoms. The SMILES string of the molecule is N#Cc1ccc(N(CC2CCCNC2)C2CC2)cc1Cl. The second-order valence-corrected chi connectivity index (χ2v) is 6.28. The van der Waals surface area contributed by atoms with Crippen LogP contribution in [0.2, 0.25) is 5.02 Å². The molecule has 1 saturated heterocycles. The Bertz CT molecular complexity index is 513. The molecule has 2 aliphatic rings. The molecule has 2 fully saturated rings. The van der Waals surface area contributed by atoms with Gasteiger partial charge in [0.05, 0.1) is 10.6 Å². The molecule has 1 saturated carbocycles. The molecule has 1 aliphatic heterocycles. The lowest BCUT2D eigenvalue weighted by atomic mass is 9.98. The highest BCUT2D eigenvalue weighted by Crippen LogP contribution is 2.34. The van der Waals surface area contributed by atoms with Crippen molar-refractivity contribution >= 4 is 17.3 Å². The molecule has 3 rings (SSSR count). The highest BCUT2D eigenvalue weighted by molar-refractivity contribution is 6.32.